The summed E-state index contributed by atoms with van der Waals surface area (Å²) in [5, 5.41) is 9.87. The Morgan fingerprint density at radius 1 is 1.32 bits per heavy atom. The van der Waals surface area contributed by atoms with Gasteiger partial charge in [-0.3, -0.25) is 9.59 Å². The highest BCUT2D eigenvalue weighted by Gasteiger charge is 2.43. The van der Waals surface area contributed by atoms with Crippen molar-refractivity contribution in [2.24, 2.45) is 11.8 Å². The summed E-state index contributed by atoms with van der Waals surface area (Å²) >= 11 is 0. The van der Waals surface area contributed by atoms with E-state index in [1.165, 1.54) is 14.0 Å². The second-order valence-electron chi connectivity index (χ2n) is 5.50. The van der Waals surface area contributed by atoms with Crippen molar-refractivity contribution in [1.29, 1.82) is 0 Å². The zero-order chi connectivity index (χ0) is 16.5. The Morgan fingerprint density at radius 2 is 2.05 bits per heavy atom. The van der Waals surface area contributed by atoms with Crippen molar-refractivity contribution in [2.75, 3.05) is 7.11 Å². The van der Waals surface area contributed by atoms with Crippen molar-refractivity contribution < 1.29 is 29.0 Å². The molecular formula is C16H24O6. The van der Waals surface area contributed by atoms with Crippen molar-refractivity contribution in [3.05, 3.63) is 12.2 Å². The lowest BCUT2D eigenvalue weighted by Gasteiger charge is -2.20. The van der Waals surface area contributed by atoms with Gasteiger partial charge in [0.15, 0.2) is 0 Å². The number of hydrogen-bond donors (Lipinski definition) is 1. The molecule has 6 heteroatoms. The Kier molecular flexibility index (Phi) is 7.80. The molecule has 0 unspecified atom stereocenters. The van der Waals surface area contributed by atoms with Gasteiger partial charge in [0.1, 0.15) is 12.4 Å². The molecule has 6 nitrogen and oxygen atoms in total. The van der Waals surface area contributed by atoms with Crippen LogP contribution in [0.15, 0.2) is 12.2 Å². The molecule has 1 fully saturated rings. The molecule has 22 heavy (non-hydrogen) atoms. The minimum absolute atomic E-state index is 0.201. The molecular weight excluding hydrogens is 288 g/mol. The second kappa shape index (κ2) is 9.35. The number of aliphatic hydroxyl groups excluding tert-OH is 1. The molecule has 4 atom stereocenters. The monoisotopic (exact) mass is 312 g/mol. The molecule has 0 aliphatic heterocycles. The lowest BCUT2D eigenvalue weighted by Crippen LogP contribution is -2.25. The highest BCUT2D eigenvalue weighted by atomic mass is 16.5. The first-order chi connectivity index (χ1) is 10.5. The molecule has 0 spiro atoms. The van der Waals surface area contributed by atoms with Crippen LogP contribution in [0.5, 0.6) is 0 Å². The first-order valence-corrected chi connectivity index (χ1v) is 7.52. The number of esters is 2. The van der Waals surface area contributed by atoms with Crippen LogP contribution in [0.2, 0.25) is 0 Å². The summed E-state index contributed by atoms with van der Waals surface area (Å²) in [4.78, 5) is 33.2. The third kappa shape index (κ3) is 5.60. The number of methoxy groups -OCH3 is 1. The van der Waals surface area contributed by atoms with E-state index in [-0.39, 0.29) is 11.9 Å². The van der Waals surface area contributed by atoms with E-state index in [1.54, 1.807) is 0 Å². The van der Waals surface area contributed by atoms with Gasteiger partial charge in [0.25, 0.3) is 0 Å². The molecule has 1 saturated carbocycles. The summed E-state index contributed by atoms with van der Waals surface area (Å²) in [6, 6.07) is 0. The molecule has 0 bridgehead atoms. The molecule has 1 rings (SSSR count). The van der Waals surface area contributed by atoms with Crippen LogP contribution >= 0.6 is 0 Å². The Balaban J connectivity index is 2.46. The van der Waals surface area contributed by atoms with Gasteiger partial charge in [-0.2, -0.15) is 0 Å². The maximum absolute atomic E-state index is 11.1. The lowest BCUT2D eigenvalue weighted by molar-refractivity contribution is -0.148. The van der Waals surface area contributed by atoms with Gasteiger partial charge in [0, 0.05) is 31.6 Å². The zero-order valence-corrected chi connectivity index (χ0v) is 13.1. The molecule has 0 radical (unpaired) electrons. The third-order valence-corrected chi connectivity index (χ3v) is 3.92. The average Bonchev–Trinajstić information content (AvgIpc) is 2.76. The van der Waals surface area contributed by atoms with Gasteiger partial charge in [-0.1, -0.05) is 12.2 Å². The fourth-order valence-corrected chi connectivity index (χ4v) is 2.79. The number of rotatable bonds is 8. The number of aldehydes is 1. The highest BCUT2D eigenvalue weighted by molar-refractivity contribution is 5.69. The minimum Gasteiger partial charge on any atom is -0.469 e. The van der Waals surface area contributed by atoms with Crippen molar-refractivity contribution >= 4 is 18.2 Å². The van der Waals surface area contributed by atoms with Crippen molar-refractivity contribution in [1.82, 2.24) is 0 Å². The maximum atomic E-state index is 11.1. The van der Waals surface area contributed by atoms with E-state index in [1.807, 2.05) is 12.2 Å². The molecule has 1 aliphatic carbocycles. The molecule has 0 aromatic carbocycles. The normalized spacial score (nSPS) is 27.8. The fraction of sp³-hybridized carbons (Fsp3) is 0.688. The van der Waals surface area contributed by atoms with Crippen LogP contribution in [0.3, 0.4) is 0 Å². The van der Waals surface area contributed by atoms with Gasteiger partial charge in [-0.25, -0.2) is 0 Å². The first kappa shape index (κ1) is 18.4. The van der Waals surface area contributed by atoms with E-state index in [0.717, 1.165) is 12.7 Å². The standard InChI is InChI=1S/C16H24O6/c1-11(18)22-15-9-14(19)13(10-17)12(15)7-5-3-4-6-8-16(20)21-2/h3,5,10,12-15,19H,4,6-9H2,1-2H3/b5-3-/t12-,13-,14-,15+/m0/s1. The largest absolute Gasteiger partial charge is 0.469 e. The lowest BCUT2D eigenvalue weighted by atomic mass is 9.91. The summed E-state index contributed by atoms with van der Waals surface area (Å²) in [5.41, 5.74) is 0. The topological polar surface area (TPSA) is 89.9 Å². The maximum Gasteiger partial charge on any atom is 0.305 e. The molecule has 0 saturated heterocycles. The highest BCUT2D eigenvalue weighted by Crippen LogP contribution is 2.36. The van der Waals surface area contributed by atoms with Gasteiger partial charge in [-0.15, -0.1) is 0 Å². The van der Waals surface area contributed by atoms with E-state index in [0.29, 0.717) is 25.7 Å². The summed E-state index contributed by atoms with van der Waals surface area (Å²) in [7, 11) is 1.36. The second-order valence-corrected chi connectivity index (χ2v) is 5.50. The average molecular weight is 312 g/mol. The third-order valence-electron chi connectivity index (χ3n) is 3.92. The minimum atomic E-state index is -0.764. The Bertz CT molecular complexity index is 417. The Morgan fingerprint density at radius 3 is 2.64 bits per heavy atom. The van der Waals surface area contributed by atoms with Crippen LogP contribution in [0, 0.1) is 11.8 Å². The van der Waals surface area contributed by atoms with Crippen LogP contribution in [-0.4, -0.2) is 42.6 Å². The number of hydrogen-bond acceptors (Lipinski definition) is 6. The summed E-state index contributed by atoms with van der Waals surface area (Å²) < 4.78 is 9.75. The summed E-state index contributed by atoms with van der Waals surface area (Å²) in [6.45, 7) is 1.32. The SMILES string of the molecule is COC(=O)CCC/C=C\C[C@H]1[C@H](C=O)[C@@H](O)C[C@H]1OC(C)=O. The van der Waals surface area contributed by atoms with Crippen molar-refractivity contribution in [2.45, 2.75) is 51.2 Å². The zero-order valence-electron chi connectivity index (χ0n) is 13.1. The van der Waals surface area contributed by atoms with Crippen molar-refractivity contribution in [3.8, 4) is 0 Å². The summed E-state index contributed by atoms with van der Waals surface area (Å²) in [6.07, 6.45) is 6.03. The van der Waals surface area contributed by atoms with E-state index in [9.17, 15) is 19.5 Å². The molecule has 1 aliphatic rings. The van der Waals surface area contributed by atoms with E-state index in [4.69, 9.17) is 4.74 Å². The van der Waals surface area contributed by atoms with Gasteiger partial charge in [-0.05, 0) is 19.3 Å². The molecule has 0 amide bonds. The van der Waals surface area contributed by atoms with Gasteiger partial charge in [0.2, 0.25) is 0 Å². The fourth-order valence-electron chi connectivity index (χ4n) is 2.79. The summed E-state index contributed by atoms with van der Waals surface area (Å²) in [5.74, 6) is -1.35. The number of carbonyl (C=O) groups is 3. The molecule has 124 valence electrons. The van der Waals surface area contributed by atoms with Crippen LogP contribution in [0.25, 0.3) is 0 Å². The molecule has 0 aromatic rings. The van der Waals surface area contributed by atoms with E-state index >= 15 is 0 Å². The smallest absolute Gasteiger partial charge is 0.305 e. The number of carbonyl (C=O) groups excluding carboxylic acids is 3. The van der Waals surface area contributed by atoms with Gasteiger partial charge >= 0.3 is 11.9 Å². The van der Waals surface area contributed by atoms with Crippen molar-refractivity contribution in [3.63, 3.8) is 0 Å². The first-order valence-electron chi connectivity index (χ1n) is 7.52. The Labute approximate surface area is 130 Å². The van der Waals surface area contributed by atoms with Crippen LogP contribution in [0.4, 0.5) is 0 Å². The molecule has 1 N–H and O–H groups in total. The van der Waals surface area contributed by atoms with E-state index in [2.05, 4.69) is 4.74 Å². The van der Waals surface area contributed by atoms with Gasteiger partial charge in [0.05, 0.1) is 13.2 Å². The van der Waals surface area contributed by atoms with E-state index < -0.39 is 24.1 Å². The molecule has 0 aromatic heterocycles. The van der Waals surface area contributed by atoms with Crippen LogP contribution in [0.1, 0.15) is 39.0 Å². The number of unbranched alkanes of at least 4 members (excludes halogenated alkanes) is 1. The predicted molar refractivity (Wildman–Crippen MR) is 78.8 cm³/mol. The Hall–Kier alpha value is -1.69. The van der Waals surface area contributed by atoms with Crippen LogP contribution in [-0.2, 0) is 23.9 Å². The number of ether oxygens (including phenoxy) is 2. The quantitative estimate of drug-likeness (QED) is 0.315. The van der Waals surface area contributed by atoms with Crippen LogP contribution < -0.4 is 0 Å². The number of allylic oxidation sites excluding steroid dienone is 2. The molecule has 0 heterocycles. The number of aliphatic hydroxyl groups is 1. The van der Waals surface area contributed by atoms with Gasteiger partial charge < -0.3 is 19.4 Å². The predicted octanol–water partition coefficient (Wildman–Crippen LogP) is 1.40.